The Morgan fingerprint density at radius 3 is 2.78 bits per heavy atom. The van der Waals surface area contributed by atoms with E-state index in [2.05, 4.69) is 26.2 Å². The molecule has 0 bridgehead atoms. The number of halogens is 2. The van der Waals surface area contributed by atoms with Gasteiger partial charge in [0.15, 0.2) is 0 Å². The smallest absolute Gasteiger partial charge is 0.242 e. The maximum absolute atomic E-state index is 12.0. The van der Waals surface area contributed by atoms with E-state index in [4.69, 9.17) is 11.6 Å². The second-order valence-corrected chi connectivity index (χ2v) is 5.99. The van der Waals surface area contributed by atoms with Crippen molar-refractivity contribution in [3.05, 3.63) is 28.5 Å². The van der Waals surface area contributed by atoms with Gasteiger partial charge in [0, 0.05) is 22.9 Å². The predicted molar refractivity (Wildman–Crippen MR) is 75.5 cm³/mol. The number of nitrogens with zero attached hydrogens (tertiary/aromatic N) is 1. The number of aromatic nitrogens is 1. The summed E-state index contributed by atoms with van der Waals surface area (Å²) in [6.45, 7) is 0. The minimum absolute atomic E-state index is 0.122. The number of carbonyl (C=O) groups excluding carboxylic acids is 1. The zero-order valence-corrected chi connectivity index (χ0v) is 12.4. The van der Waals surface area contributed by atoms with Crippen molar-refractivity contribution < 1.29 is 4.79 Å². The summed E-state index contributed by atoms with van der Waals surface area (Å²) in [5.74, 6) is -0.122. The molecule has 1 N–H and O–H groups in total. The molecule has 0 aromatic carbocycles. The van der Waals surface area contributed by atoms with Crippen molar-refractivity contribution in [3.8, 4) is 0 Å². The van der Waals surface area contributed by atoms with Crippen LogP contribution in [-0.2, 0) is 4.79 Å². The van der Waals surface area contributed by atoms with Crippen LogP contribution >= 0.6 is 27.5 Å². The molecule has 0 spiro atoms. The van der Waals surface area contributed by atoms with Crippen LogP contribution in [0.5, 0.6) is 0 Å². The van der Waals surface area contributed by atoms with E-state index in [-0.39, 0.29) is 11.9 Å². The van der Waals surface area contributed by atoms with E-state index in [1.807, 2.05) is 6.07 Å². The molecule has 1 aliphatic rings. The van der Waals surface area contributed by atoms with Crippen LogP contribution in [0.15, 0.2) is 22.9 Å². The van der Waals surface area contributed by atoms with Gasteiger partial charge in [0.05, 0.1) is 0 Å². The topological polar surface area (TPSA) is 42.0 Å². The van der Waals surface area contributed by atoms with Crippen LogP contribution in [-0.4, -0.2) is 16.9 Å². The van der Waals surface area contributed by atoms with Crippen LogP contribution in [0.4, 0.5) is 0 Å². The van der Waals surface area contributed by atoms with Crippen molar-refractivity contribution in [1.29, 1.82) is 0 Å². The van der Waals surface area contributed by atoms with Crippen molar-refractivity contribution in [2.75, 3.05) is 0 Å². The van der Waals surface area contributed by atoms with Gasteiger partial charge in [0.2, 0.25) is 5.91 Å². The Labute approximate surface area is 120 Å². The third-order valence-corrected chi connectivity index (χ3v) is 4.08. The number of hydrogen-bond acceptors (Lipinski definition) is 2. The average molecular weight is 332 g/mol. The summed E-state index contributed by atoms with van der Waals surface area (Å²) in [4.78, 5) is 16.1. The Bertz CT molecular complexity index is 421. The second kappa shape index (κ2) is 6.53. The van der Waals surface area contributed by atoms with Gasteiger partial charge in [-0.3, -0.25) is 9.78 Å². The van der Waals surface area contributed by atoms with Gasteiger partial charge >= 0.3 is 0 Å². The molecule has 18 heavy (non-hydrogen) atoms. The fourth-order valence-electron chi connectivity index (χ4n) is 2.24. The van der Waals surface area contributed by atoms with E-state index in [1.54, 1.807) is 12.4 Å². The molecule has 2 rings (SSSR count). The molecule has 5 heteroatoms. The molecular weight excluding hydrogens is 316 g/mol. The van der Waals surface area contributed by atoms with Crippen LogP contribution in [0.25, 0.3) is 0 Å². The summed E-state index contributed by atoms with van der Waals surface area (Å²) >= 11 is 9.50. The first-order chi connectivity index (χ1) is 8.66. The van der Waals surface area contributed by atoms with Gasteiger partial charge < -0.3 is 5.32 Å². The third-order valence-electron chi connectivity index (χ3n) is 3.20. The van der Waals surface area contributed by atoms with Crippen molar-refractivity contribution in [3.63, 3.8) is 0 Å². The summed E-state index contributed by atoms with van der Waals surface area (Å²) in [6, 6.07) is 2.11. The van der Waals surface area contributed by atoms with Crippen LogP contribution in [0.2, 0.25) is 0 Å². The molecule has 1 unspecified atom stereocenters. The Hall–Kier alpha value is -0.610. The van der Waals surface area contributed by atoms with E-state index >= 15 is 0 Å². The maximum atomic E-state index is 12.0. The summed E-state index contributed by atoms with van der Waals surface area (Å²) in [7, 11) is 0. The standard InChI is InChI=1S/C13H16BrClN2O/c14-10-6-9(7-16-8-10)12(15)13(18)17-11-4-2-1-3-5-11/h6-8,11-12H,1-5H2,(H,17,18). The van der Waals surface area contributed by atoms with Gasteiger partial charge in [-0.25, -0.2) is 0 Å². The maximum Gasteiger partial charge on any atom is 0.242 e. The van der Waals surface area contributed by atoms with E-state index in [9.17, 15) is 4.79 Å². The van der Waals surface area contributed by atoms with Crippen LogP contribution < -0.4 is 5.32 Å². The average Bonchev–Trinajstić information content (AvgIpc) is 2.39. The lowest BCUT2D eigenvalue weighted by molar-refractivity contribution is -0.121. The molecule has 0 saturated heterocycles. The number of hydrogen-bond donors (Lipinski definition) is 1. The van der Waals surface area contributed by atoms with Gasteiger partial charge in [-0.2, -0.15) is 0 Å². The molecule has 1 amide bonds. The van der Waals surface area contributed by atoms with Crippen molar-refractivity contribution >= 4 is 33.4 Å². The fourth-order valence-corrected chi connectivity index (χ4v) is 2.80. The van der Waals surface area contributed by atoms with Crippen molar-refractivity contribution in [2.24, 2.45) is 0 Å². The largest absolute Gasteiger partial charge is 0.352 e. The lowest BCUT2D eigenvalue weighted by Gasteiger charge is -2.24. The molecule has 0 radical (unpaired) electrons. The van der Waals surface area contributed by atoms with E-state index in [1.165, 1.54) is 19.3 Å². The SMILES string of the molecule is O=C(NC1CCCCC1)C(Cl)c1cncc(Br)c1. The Morgan fingerprint density at radius 2 is 2.11 bits per heavy atom. The summed E-state index contributed by atoms with van der Waals surface area (Å²) in [5.41, 5.74) is 0.722. The summed E-state index contributed by atoms with van der Waals surface area (Å²) < 4.78 is 0.830. The van der Waals surface area contributed by atoms with Crippen molar-refractivity contribution in [1.82, 2.24) is 10.3 Å². The molecule has 98 valence electrons. The molecule has 1 heterocycles. The van der Waals surface area contributed by atoms with Gasteiger partial charge in [-0.05, 0) is 40.4 Å². The van der Waals surface area contributed by atoms with Crippen LogP contribution in [0.3, 0.4) is 0 Å². The summed E-state index contributed by atoms with van der Waals surface area (Å²) in [5, 5.41) is 2.35. The zero-order valence-electron chi connectivity index (χ0n) is 10.0. The van der Waals surface area contributed by atoms with E-state index in [0.29, 0.717) is 0 Å². The predicted octanol–water partition coefficient (Wildman–Crippen LogP) is 3.57. The van der Waals surface area contributed by atoms with Gasteiger partial charge in [-0.1, -0.05) is 19.3 Å². The lowest BCUT2D eigenvalue weighted by Crippen LogP contribution is -2.38. The van der Waals surface area contributed by atoms with Crippen molar-refractivity contribution in [2.45, 2.75) is 43.5 Å². The van der Waals surface area contributed by atoms with E-state index in [0.717, 1.165) is 22.9 Å². The molecule has 1 aliphatic carbocycles. The number of nitrogens with one attached hydrogen (secondary N) is 1. The lowest BCUT2D eigenvalue weighted by atomic mass is 9.95. The molecule has 1 saturated carbocycles. The Kier molecular flexibility index (Phi) is 5.01. The normalized spacial score (nSPS) is 18.3. The first kappa shape index (κ1) is 13.8. The number of alkyl halides is 1. The highest BCUT2D eigenvalue weighted by atomic mass is 79.9. The number of amides is 1. The Morgan fingerprint density at radius 1 is 1.39 bits per heavy atom. The number of rotatable bonds is 3. The summed E-state index contributed by atoms with van der Waals surface area (Å²) in [6.07, 6.45) is 9.08. The van der Waals surface area contributed by atoms with Gasteiger partial charge in [0.25, 0.3) is 0 Å². The zero-order chi connectivity index (χ0) is 13.0. The third kappa shape index (κ3) is 3.69. The molecule has 1 aromatic rings. The van der Waals surface area contributed by atoms with Gasteiger partial charge in [0.1, 0.15) is 5.38 Å². The molecular formula is C13H16BrClN2O. The number of pyridine rings is 1. The fraction of sp³-hybridized carbons (Fsp3) is 0.538. The van der Waals surface area contributed by atoms with Gasteiger partial charge in [-0.15, -0.1) is 11.6 Å². The highest BCUT2D eigenvalue weighted by Crippen LogP contribution is 2.24. The highest BCUT2D eigenvalue weighted by molar-refractivity contribution is 9.10. The van der Waals surface area contributed by atoms with E-state index < -0.39 is 5.38 Å². The van der Waals surface area contributed by atoms with Crippen LogP contribution in [0, 0.1) is 0 Å². The minimum Gasteiger partial charge on any atom is -0.352 e. The molecule has 1 aromatic heterocycles. The molecule has 1 fully saturated rings. The molecule has 0 aliphatic heterocycles. The monoisotopic (exact) mass is 330 g/mol. The Balaban J connectivity index is 1.95. The minimum atomic E-state index is -0.670. The first-order valence-corrected chi connectivity index (χ1v) is 7.44. The molecule has 1 atom stereocenters. The number of carbonyl (C=O) groups is 1. The van der Waals surface area contributed by atoms with Crippen LogP contribution in [0.1, 0.15) is 43.0 Å². The quantitative estimate of drug-likeness (QED) is 0.860. The molecule has 3 nitrogen and oxygen atoms in total. The first-order valence-electron chi connectivity index (χ1n) is 6.21. The second-order valence-electron chi connectivity index (χ2n) is 4.64. The highest BCUT2D eigenvalue weighted by Gasteiger charge is 2.22.